The summed E-state index contributed by atoms with van der Waals surface area (Å²) in [7, 11) is 0. The Morgan fingerprint density at radius 1 is 0.381 bits per heavy atom. The highest BCUT2D eigenvalue weighted by molar-refractivity contribution is 14.1. The molecule has 0 N–H and O–H groups in total. The van der Waals surface area contributed by atoms with Crippen LogP contribution in [0.2, 0.25) is 0 Å². The first kappa shape index (κ1) is 42.2. The molecule has 0 fully saturated rings. The van der Waals surface area contributed by atoms with Crippen molar-refractivity contribution in [3.63, 3.8) is 0 Å². The molecular formula is C36H70AlIO4. The van der Waals surface area contributed by atoms with Gasteiger partial charge in [-0.3, -0.25) is 9.59 Å². The van der Waals surface area contributed by atoms with Crippen LogP contribution in [0.5, 0.6) is 0 Å². The standard InChI is InChI=1S/2C18H36O2.Al.HI/c2*1-2-3-4-5-6-7-8-9-10-11-12-13-14-15-16-17-18(19)20;;/h2*2-17H2,1H3,(H,19,20);;1H/q;;+3;/p-3. The molecule has 0 amide bonds. The molecule has 42 heavy (non-hydrogen) atoms. The Morgan fingerprint density at radius 3 is 0.786 bits per heavy atom. The van der Waals surface area contributed by atoms with Crippen LogP contribution in [0.15, 0.2) is 0 Å². The number of unbranched alkanes of at least 4 members (excludes halogenated alkanes) is 28. The van der Waals surface area contributed by atoms with E-state index < -0.39 is 11.5 Å². The van der Waals surface area contributed by atoms with Gasteiger partial charge in [0, 0.05) is 12.8 Å². The van der Waals surface area contributed by atoms with Gasteiger partial charge in [0.2, 0.25) is 0 Å². The predicted octanol–water partition coefficient (Wildman–Crippen LogP) is 13.0. The van der Waals surface area contributed by atoms with Crippen molar-refractivity contribution in [1.82, 2.24) is 0 Å². The Morgan fingerprint density at radius 2 is 0.571 bits per heavy atom. The second-order valence-electron chi connectivity index (χ2n) is 12.7. The zero-order valence-electron chi connectivity index (χ0n) is 28.2. The Kier molecular flexibility index (Phi) is 35.9. The lowest BCUT2D eigenvalue weighted by molar-refractivity contribution is -0.139. The summed E-state index contributed by atoms with van der Waals surface area (Å²) in [6.07, 6.45) is 40.3. The number of carbonyl (C=O) groups excluding carboxylic acids is 2. The average molecular weight is 721 g/mol. The lowest BCUT2D eigenvalue weighted by Gasteiger charge is -2.10. The summed E-state index contributed by atoms with van der Waals surface area (Å²) < 4.78 is 10.8. The quantitative estimate of drug-likeness (QED) is 0.0377. The van der Waals surface area contributed by atoms with Crippen molar-refractivity contribution in [3.8, 4) is 0 Å². The van der Waals surface area contributed by atoms with E-state index in [4.69, 9.17) is 7.58 Å². The van der Waals surface area contributed by atoms with Gasteiger partial charge in [-0.05, 0) is 12.8 Å². The van der Waals surface area contributed by atoms with Crippen LogP contribution in [0.1, 0.15) is 219 Å². The molecule has 0 aromatic carbocycles. The third-order valence-electron chi connectivity index (χ3n) is 8.42. The molecule has 6 heteroatoms. The first-order chi connectivity index (χ1) is 20.6. The minimum atomic E-state index is -2.24. The Labute approximate surface area is 278 Å². The second kappa shape index (κ2) is 35.7. The van der Waals surface area contributed by atoms with E-state index in [1.807, 2.05) is 20.3 Å². The van der Waals surface area contributed by atoms with Crippen molar-refractivity contribution in [3.05, 3.63) is 0 Å². The molecule has 0 unspecified atom stereocenters. The number of hydrogen-bond acceptors (Lipinski definition) is 4. The zero-order chi connectivity index (χ0) is 30.8. The Balaban J connectivity index is 3.39. The second-order valence-corrected chi connectivity index (χ2v) is 16.7. The number of rotatable bonds is 34. The van der Waals surface area contributed by atoms with Crippen LogP contribution in [-0.4, -0.2) is 23.5 Å². The van der Waals surface area contributed by atoms with Crippen LogP contribution in [0, 0.1) is 0 Å². The predicted molar refractivity (Wildman–Crippen MR) is 191 cm³/mol. The summed E-state index contributed by atoms with van der Waals surface area (Å²) in [4.78, 5) is 24.2. The molecular weight excluding hydrogens is 650 g/mol. The van der Waals surface area contributed by atoms with Gasteiger partial charge in [0.1, 0.15) is 0 Å². The molecule has 0 heterocycles. The lowest BCUT2D eigenvalue weighted by atomic mass is 10.0. The third kappa shape index (κ3) is 34.7. The molecule has 0 atom stereocenters. The number of halogens is 1. The maximum Gasteiger partial charge on any atom is 0.951 e. The van der Waals surface area contributed by atoms with Crippen molar-refractivity contribution >= 4 is 43.7 Å². The summed E-state index contributed by atoms with van der Waals surface area (Å²) >= 11 is -0.207. The van der Waals surface area contributed by atoms with Crippen molar-refractivity contribution in [1.29, 1.82) is 0 Å². The van der Waals surface area contributed by atoms with E-state index in [2.05, 4.69) is 13.8 Å². The summed E-state index contributed by atoms with van der Waals surface area (Å²) in [5.74, 6) is -0.397. The Hall–Kier alpha value is 0.202. The molecule has 0 radical (unpaired) electrons. The van der Waals surface area contributed by atoms with Crippen molar-refractivity contribution < 1.29 is 17.2 Å². The maximum absolute atomic E-state index is 12.1. The minimum absolute atomic E-state index is 0.199. The van der Waals surface area contributed by atoms with Crippen molar-refractivity contribution in [2.24, 2.45) is 0 Å². The maximum atomic E-state index is 12.1. The highest BCUT2D eigenvalue weighted by Gasteiger charge is 2.32. The SMILES string of the molecule is CCCCCCCCCCCCCCCCCC(=O)[O][Al]([I])[O]C(=O)CCCCCCCCCCCCCCCCC. The highest BCUT2D eigenvalue weighted by Crippen LogP contribution is 2.16. The van der Waals surface area contributed by atoms with Crippen LogP contribution in [0.3, 0.4) is 0 Å². The van der Waals surface area contributed by atoms with Gasteiger partial charge in [-0.25, -0.2) is 0 Å². The molecule has 0 aliphatic rings. The average Bonchev–Trinajstić information content (AvgIpc) is 2.97. The Bertz CT molecular complexity index is 527. The van der Waals surface area contributed by atoms with Crippen molar-refractivity contribution in [2.75, 3.05) is 0 Å². The fourth-order valence-electron chi connectivity index (χ4n) is 5.63. The fourth-order valence-corrected chi connectivity index (χ4v) is 8.03. The topological polar surface area (TPSA) is 52.6 Å². The summed E-state index contributed by atoms with van der Waals surface area (Å²) in [6, 6.07) is 0. The van der Waals surface area contributed by atoms with Crippen LogP contribution in [0.25, 0.3) is 0 Å². The van der Waals surface area contributed by atoms with E-state index in [0.717, 1.165) is 25.7 Å². The molecule has 0 aliphatic carbocycles. The van der Waals surface area contributed by atoms with Gasteiger partial charge in [0.15, 0.2) is 0 Å². The highest BCUT2D eigenvalue weighted by atomic mass is 127. The van der Waals surface area contributed by atoms with Crippen LogP contribution >= 0.6 is 20.3 Å². The van der Waals surface area contributed by atoms with Crippen molar-refractivity contribution in [2.45, 2.75) is 219 Å². The summed E-state index contributed by atoms with van der Waals surface area (Å²) in [5.41, 5.74) is 0. The normalized spacial score (nSPS) is 11.1. The molecule has 0 saturated heterocycles. The zero-order valence-corrected chi connectivity index (χ0v) is 31.5. The van der Waals surface area contributed by atoms with Gasteiger partial charge >= 0.3 is 11.5 Å². The minimum Gasteiger partial charge on any atom is -0.578 e. The van der Waals surface area contributed by atoms with E-state index in [1.54, 1.807) is 0 Å². The van der Waals surface area contributed by atoms with E-state index in [1.165, 1.54) is 167 Å². The van der Waals surface area contributed by atoms with Gasteiger partial charge in [-0.15, -0.1) is 0 Å². The van der Waals surface area contributed by atoms with Gasteiger partial charge in [0.05, 0.1) is 0 Å². The first-order valence-electron chi connectivity index (χ1n) is 18.6. The smallest absolute Gasteiger partial charge is 0.578 e. The summed E-state index contributed by atoms with van der Waals surface area (Å²) in [5, 5.41) is 0. The molecule has 0 aromatic heterocycles. The molecule has 248 valence electrons. The third-order valence-corrected chi connectivity index (χ3v) is 10.8. The van der Waals surface area contributed by atoms with Gasteiger partial charge in [-0.2, -0.15) is 0 Å². The number of hydrogen-bond donors (Lipinski definition) is 0. The molecule has 0 bridgehead atoms. The first-order valence-corrected chi connectivity index (χ1v) is 23.7. The molecule has 0 aromatic rings. The molecule has 0 rings (SSSR count). The molecule has 0 saturated carbocycles. The van der Waals surface area contributed by atoms with E-state index >= 15 is 0 Å². The molecule has 4 nitrogen and oxygen atoms in total. The fraction of sp³-hybridized carbons (Fsp3) is 0.944. The largest absolute Gasteiger partial charge is 0.951 e. The van der Waals surface area contributed by atoms with Gasteiger partial charge in [0.25, 0.3) is 11.9 Å². The van der Waals surface area contributed by atoms with Crippen LogP contribution in [0.4, 0.5) is 0 Å². The lowest BCUT2D eigenvalue weighted by Crippen LogP contribution is -2.23. The van der Waals surface area contributed by atoms with Crippen LogP contribution < -0.4 is 0 Å². The van der Waals surface area contributed by atoms with E-state index in [0.29, 0.717) is 12.8 Å². The van der Waals surface area contributed by atoms with Gasteiger partial charge < -0.3 is 7.58 Å². The van der Waals surface area contributed by atoms with Crippen LogP contribution in [-0.2, 0) is 17.2 Å². The van der Waals surface area contributed by atoms with E-state index in [-0.39, 0.29) is 11.9 Å². The van der Waals surface area contributed by atoms with E-state index in [9.17, 15) is 9.59 Å². The summed E-state index contributed by atoms with van der Waals surface area (Å²) in [6.45, 7) is 4.55. The number of carbonyl (C=O) groups is 2. The molecule has 0 aliphatic heterocycles. The van der Waals surface area contributed by atoms with Gasteiger partial charge in [-0.1, -0.05) is 214 Å². The monoisotopic (exact) mass is 720 g/mol. The molecule has 0 spiro atoms.